The number of nitrogens with one attached hydrogen (secondary N) is 2. The predicted molar refractivity (Wildman–Crippen MR) is 99.2 cm³/mol. The maximum atomic E-state index is 12.9. The van der Waals surface area contributed by atoms with Crippen molar-refractivity contribution in [1.82, 2.24) is 4.72 Å². The summed E-state index contributed by atoms with van der Waals surface area (Å²) in [5, 5.41) is 2.81. The molecule has 0 radical (unpaired) electrons. The molecule has 4 saturated carbocycles. The zero-order chi connectivity index (χ0) is 17.9. The van der Waals surface area contributed by atoms with Gasteiger partial charge in [0.15, 0.2) is 0 Å². The number of carbonyl (C=O) groups is 1. The lowest BCUT2D eigenvalue weighted by atomic mass is 9.50. The van der Waals surface area contributed by atoms with Crippen molar-refractivity contribution in [2.24, 2.45) is 23.2 Å². The van der Waals surface area contributed by atoms with Gasteiger partial charge in [0, 0.05) is 18.7 Å². The fourth-order valence-corrected chi connectivity index (χ4v) is 7.57. The van der Waals surface area contributed by atoms with E-state index in [1.165, 1.54) is 38.5 Å². The lowest BCUT2D eigenvalue weighted by Gasteiger charge is -2.56. The van der Waals surface area contributed by atoms with Crippen LogP contribution in [0.3, 0.4) is 0 Å². The van der Waals surface area contributed by atoms with Gasteiger partial charge in [0.25, 0.3) is 0 Å². The van der Waals surface area contributed by atoms with Crippen molar-refractivity contribution in [3.8, 4) is 0 Å². The van der Waals surface area contributed by atoms with Crippen LogP contribution in [0.2, 0.25) is 0 Å². The SMILES string of the molecule is O=C1CCc2cc(S(=O)(=O)NCC34CC5CC(CC(C5)C3)C4)ccc2N1. The molecule has 0 saturated heterocycles. The number of hydrogen-bond acceptors (Lipinski definition) is 3. The minimum Gasteiger partial charge on any atom is -0.326 e. The summed E-state index contributed by atoms with van der Waals surface area (Å²) in [4.78, 5) is 11.8. The van der Waals surface area contributed by atoms with Crippen LogP contribution in [-0.2, 0) is 21.2 Å². The molecule has 1 heterocycles. The number of sulfonamides is 1. The normalized spacial score (nSPS) is 35.2. The summed E-state index contributed by atoms with van der Waals surface area (Å²) in [6, 6.07) is 5.04. The summed E-state index contributed by atoms with van der Waals surface area (Å²) in [5.74, 6) is 2.45. The molecule has 0 spiro atoms. The molecule has 26 heavy (non-hydrogen) atoms. The Labute approximate surface area is 155 Å². The molecule has 5 aliphatic rings. The topological polar surface area (TPSA) is 75.3 Å². The zero-order valence-electron chi connectivity index (χ0n) is 15.0. The Hall–Kier alpha value is -1.40. The molecule has 140 valence electrons. The Bertz CT molecular complexity index is 827. The van der Waals surface area contributed by atoms with Crippen LogP contribution in [0.1, 0.15) is 50.5 Å². The molecule has 1 aliphatic heterocycles. The van der Waals surface area contributed by atoms with Gasteiger partial charge in [-0.05, 0) is 91.9 Å². The van der Waals surface area contributed by atoms with Crippen LogP contribution < -0.4 is 10.0 Å². The van der Waals surface area contributed by atoms with E-state index in [1.54, 1.807) is 18.2 Å². The number of hydrogen-bond donors (Lipinski definition) is 2. The third-order valence-electron chi connectivity index (χ3n) is 7.08. The lowest BCUT2D eigenvalue weighted by Crippen LogP contribution is -2.51. The first-order valence-electron chi connectivity index (χ1n) is 9.83. The van der Waals surface area contributed by atoms with E-state index in [0.717, 1.165) is 29.0 Å². The van der Waals surface area contributed by atoms with Gasteiger partial charge in [0.05, 0.1) is 4.90 Å². The number of anilines is 1. The van der Waals surface area contributed by atoms with Gasteiger partial charge in [-0.2, -0.15) is 0 Å². The summed E-state index contributed by atoms with van der Waals surface area (Å²) < 4.78 is 28.7. The van der Waals surface area contributed by atoms with Crippen molar-refractivity contribution in [1.29, 1.82) is 0 Å². The Morgan fingerprint density at radius 1 is 1.04 bits per heavy atom. The van der Waals surface area contributed by atoms with Gasteiger partial charge in [0.1, 0.15) is 0 Å². The average Bonchev–Trinajstić information content (AvgIpc) is 2.58. The molecule has 4 bridgehead atoms. The van der Waals surface area contributed by atoms with Crippen LogP contribution in [0.4, 0.5) is 5.69 Å². The molecule has 1 aromatic rings. The maximum absolute atomic E-state index is 12.9. The molecule has 4 aliphatic carbocycles. The minimum absolute atomic E-state index is 0.00644. The van der Waals surface area contributed by atoms with E-state index in [2.05, 4.69) is 10.0 Å². The molecule has 0 unspecified atom stereocenters. The quantitative estimate of drug-likeness (QED) is 0.850. The largest absolute Gasteiger partial charge is 0.326 e. The molecule has 6 heteroatoms. The van der Waals surface area contributed by atoms with Gasteiger partial charge in [-0.1, -0.05) is 0 Å². The third-order valence-corrected chi connectivity index (χ3v) is 8.48. The van der Waals surface area contributed by atoms with E-state index in [1.807, 2.05) is 0 Å². The standard InChI is InChI=1S/C20H26N2O3S/c23-19-4-1-16-8-17(2-3-18(16)22-19)26(24,25)21-12-20-9-13-5-14(10-20)7-15(6-13)11-20/h2-3,8,13-15,21H,1,4-7,9-12H2,(H,22,23). The van der Waals surface area contributed by atoms with E-state index in [-0.39, 0.29) is 11.3 Å². The molecule has 1 aromatic carbocycles. The fourth-order valence-electron chi connectivity index (χ4n) is 6.36. The van der Waals surface area contributed by atoms with Crippen LogP contribution in [0.25, 0.3) is 0 Å². The van der Waals surface area contributed by atoms with Crippen LogP contribution in [-0.4, -0.2) is 20.9 Å². The van der Waals surface area contributed by atoms with Crippen molar-refractivity contribution < 1.29 is 13.2 Å². The molecular weight excluding hydrogens is 348 g/mol. The Morgan fingerprint density at radius 2 is 1.69 bits per heavy atom. The van der Waals surface area contributed by atoms with E-state index in [0.29, 0.717) is 24.3 Å². The van der Waals surface area contributed by atoms with E-state index in [9.17, 15) is 13.2 Å². The summed E-state index contributed by atoms with van der Waals surface area (Å²) >= 11 is 0. The van der Waals surface area contributed by atoms with Crippen LogP contribution in [0, 0.1) is 23.2 Å². The van der Waals surface area contributed by atoms with Crippen LogP contribution >= 0.6 is 0 Å². The molecule has 4 fully saturated rings. The van der Waals surface area contributed by atoms with Gasteiger partial charge >= 0.3 is 0 Å². The maximum Gasteiger partial charge on any atom is 0.240 e. The van der Waals surface area contributed by atoms with Gasteiger partial charge in [-0.3, -0.25) is 4.79 Å². The predicted octanol–water partition coefficient (Wildman–Crippen LogP) is 3.07. The van der Waals surface area contributed by atoms with Crippen molar-refractivity contribution >= 4 is 21.6 Å². The molecule has 1 amide bonds. The molecule has 2 N–H and O–H groups in total. The Kier molecular flexibility index (Phi) is 3.73. The fraction of sp³-hybridized carbons (Fsp3) is 0.650. The second-order valence-corrected chi connectivity index (χ2v) is 10.9. The first kappa shape index (κ1) is 16.8. The van der Waals surface area contributed by atoms with E-state index in [4.69, 9.17) is 0 Å². The summed E-state index contributed by atoms with van der Waals surface area (Å²) in [7, 11) is -3.51. The van der Waals surface area contributed by atoms with E-state index < -0.39 is 10.0 Å². The first-order chi connectivity index (χ1) is 12.4. The summed E-state index contributed by atoms with van der Waals surface area (Å²) in [6.45, 7) is 0.576. The van der Waals surface area contributed by atoms with Gasteiger partial charge in [0.2, 0.25) is 15.9 Å². The van der Waals surface area contributed by atoms with Gasteiger partial charge in [-0.15, -0.1) is 0 Å². The highest BCUT2D eigenvalue weighted by Crippen LogP contribution is 2.59. The molecular formula is C20H26N2O3S. The number of carbonyl (C=O) groups excluding carboxylic acids is 1. The highest BCUT2D eigenvalue weighted by atomic mass is 32.2. The highest BCUT2D eigenvalue weighted by Gasteiger charge is 2.50. The van der Waals surface area contributed by atoms with Crippen molar-refractivity contribution in [2.45, 2.75) is 56.3 Å². The number of amides is 1. The molecule has 5 nitrogen and oxygen atoms in total. The molecule has 0 atom stereocenters. The number of rotatable bonds is 4. The number of fused-ring (bicyclic) bond motifs is 1. The lowest BCUT2D eigenvalue weighted by molar-refractivity contribution is -0.116. The highest BCUT2D eigenvalue weighted by molar-refractivity contribution is 7.89. The number of aryl methyl sites for hydroxylation is 1. The van der Waals surface area contributed by atoms with Crippen LogP contribution in [0.15, 0.2) is 23.1 Å². The van der Waals surface area contributed by atoms with Crippen molar-refractivity contribution in [2.75, 3.05) is 11.9 Å². The smallest absolute Gasteiger partial charge is 0.240 e. The minimum atomic E-state index is -3.51. The summed E-state index contributed by atoms with van der Waals surface area (Å²) in [5.41, 5.74) is 1.83. The Morgan fingerprint density at radius 3 is 2.35 bits per heavy atom. The Balaban J connectivity index is 1.33. The summed E-state index contributed by atoms with van der Waals surface area (Å²) in [6.07, 6.45) is 8.68. The second kappa shape index (κ2) is 5.80. The van der Waals surface area contributed by atoms with Crippen LogP contribution in [0.5, 0.6) is 0 Å². The first-order valence-corrected chi connectivity index (χ1v) is 11.3. The second-order valence-electron chi connectivity index (χ2n) is 9.11. The monoisotopic (exact) mass is 374 g/mol. The number of benzene rings is 1. The zero-order valence-corrected chi connectivity index (χ0v) is 15.8. The van der Waals surface area contributed by atoms with Crippen molar-refractivity contribution in [3.63, 3.8) is 0 Å². The van der Waals surface area contributed by atoms with Gasteiger partial charge < -0.3 is 5.32 Å². The molecule has 6 rings (SSSR count). The third kappa shape index (κ3) is 2.87. The molecule has 0 aromatic heterocycles. The van der Waals surface area contributed by atoms with Crippen molar-refractivity contribution in [3.05, 3.63) is 23.8 Å². The van der Waals surface area contributed by atoms with Gasteiger partial charge in [-0.25, -0.2) is 13.1 Å². The average molecular weight is 375 g/mol. The van der Waals surface area contributed by atoms with E-state index >= 15 is 0 Å².